The fourth-order valence-electron chi connectivity index (χ4n) is 3.66. The van der Waals surface area contributed by atoms with E-state index in [2.05, 4.69) is 25.1 Å². The third kappa shape index (κ3) is 1.80. The Kier molecular flexibility index (Phi) is 2.85. The van der Waals surface area contributed by atoms with Crippen molar-refractivity contribution < 1.29 is 9.53 Å². The zero-order valence-corrected chi connectivity index (χ0v) is 12.6. The molecule has 0 saturated carbocycles. The van der Waals surface area contributed by atoms with Crippen LogP contribution in [0.2, 0.25) is 0 Å². The van der Waals surface area contributed by atoms with Crippen LogP contribution in [0.25, 0.3) is 5.57 Å². The van der Waals surface area contributed by atoms with E-state index in [1.165, 1.54) is 0 Å². The number of rotatable bonds is 2. The Bertz CT molecular complexity index is 748. The van der Waals surface area contributed by atoms with Crippen LogP contribution in [0.1, 0.15) is 30.9 Å². The van der Waals surface area contributed by atoms with Crippen LogP contribution in [0.4, 0.5) is 0 Å². The Morgan fingerprint density at radius 1 is 0.955 bits per heavy atom. The first kappa shape index (κ1) is 13.5. The van der Waals surface area contributed by atoms with E-state index in [1.807, 2.05) is 48.5 Å². The van der Waals surface area contributed by atoms with Crippen LogP contribution in [0.3, 0.4) is 0 Å². The Morgan fingerprint density at radius 2 is 1.59 bits per heavy atom. The van der Waals surface area contributed by atoms with E-state index in [0.29, 0.717) is 6.42 Å². The minimum absolute atomic E-state index is 0.156. The molecule has 0 radical (unpaired) electrons. The molecule has 1 fully saturated rings. The average Bonchev–Trinajstić information content (AvgIpc) is 2.84. The first-order valence-electron chi connectivity index (χ1n) is 7.72. The van der Waals surface area contributed by atoms with Gasteiger partial charge in [-0.05, 0) is 30.5 Å². The van der Waals surface area contributed by atoms with Crippen LogP contribution in [0.5, 0.6) is 0 Å². The average molecular weight is 290 g/mol. The summed E-state index contributed by atoms with van der Waals surface area (Å²) in [6.07, 6.45) is 3.45. The summed E-state index contributed by atoms with van der Waals surface area (Å²) in [5.74, 6) is 0.156. The maximum atomic E-state index is 12.9. The van der Waals surface area contributed by atoms with Crippen molar-refractivity contribution in [2.75, 3.05) is 0 Å². The van der Waals surface area contributed by atoms with Gasteiger partial charge >= 0.3 is 0 Å². The summed E-state index contributed by atoms with van der Waals surface area (Å²) in [5.41, 5.74) is 1.66. The summed E-state index contributed by atoms with van der Waals surface area (Å²) in [7, 11) is 0. The minimum atomic E-state index is -0.949. The molecule has 0 spiro atoms. The van der Waals surface area contributed by atoms with Gasteiger partial charge in [-0.3, -0.25) is 4.79 Å². The smallest absolute Gasteiger partial charge is 0.178 e. The predicted octanol–water partition coefficient (Wildman–Crippen LogP) is 4.12. The van der Waals surface area contributed by atoms with Crippen LogP contribution in [0.15, 0.2) is 66.7 Å². The molecule has 1 saturated heterocycles. The third-order valence-electron chi connectivity index (χ3n) is 4.72. The molecule has 2 atom stereocenters. The monoisotopic (exact) mass is 290 g/mol. The van der Waals surface area contributed by atoms with Crippen LogP contribution in [-0.4, -0.2) is 11.4 Å². The van der Waals surface area contributed by atoms with Crippen molar-refractivity contribution in [3.05, 3.63) is 77.9 Å². The van der Waals surface area contributed by atoms with Crippen molar-refractivity contribution in [2.24, 2.45) is 0 Å². The number of hydrogen-bond acceptors (Lipinski definition) is 2. The van der Waals surface area contributed by atoms with Crippen molar-refractivity contribution in [3.63, 3.8) is 0 Å². The lowest BCUT2D eigenvalue weighted by atomic mass is 9.79. The molecule has 4 rings (SSSR count). The molecule has 22 heavy (non-hydrogen) atoms. The summed E-state index contributed by atoms with van der Waals surface area (Å²) in [5, 5.41) is 0. The van der Waals surface area contributed by atoms with Crippen LogP contribution < -0.4 is 0 Å². The summed E-state index contributed by atoms with van der Waals surface area (Å²) in [6, 6.07) is 20.0. The molecule has 0 unspecified atom stereocenters. The van der Waals surface area contributed by atoms with Crippen LogP contribution in [0, 0.1) is 0 Å². The lowest BCUT2D eigenvalue weighted by Crippen LogP contribution is -2.45. The number of benzene rings is 2. The van der Waals surface area contributed by atoms with E-state index < -0.39 is 5.60 Å². The lowest BCUT2D eigenvalue weighted by molar-refractivity contribution is -0.160. The number of hydrogen-bond donors (Lipinski definition) is 0. The van der Waals surface area contributed by atoms with Gasteiger partial charge in [-0.15, -0.1) is 0 Å². The van der Waals surface area contributed by atoms with Gasteiger partial charge in [0.05, 0.1) is 5.60 Å². The van der Waals surface area contributed by atoms with Crippen LogP contribution >= 0.6 is 0 Å². The summed E-state index contributed by atoms with van der Waals surface area (Å²) < 4.78 is 6.40. The van der Waals surface area contributed by atoms with E-state index in [-0.39, 0.29) is 11.4 Å². The largest absolute Gasteiger partial charge is 0.347 e. The number of carbonyl (C=O) groups excluding carboxylic acids is 1. The minimum Gasteiger partial charge on any atom is -0.347 e. The molecule has 0 aromatic heterocycles. The van der Waals surface area contributed by atoms with Gasteiger partial charge in [-0.2, -0.15) is 0 Å². The molecule has 2 bridgehead atoms. The molecule has 110 valence electrons. The predicted molar refractivity (Wildman–Crippen MR) is 86.3 cm³/mol. The fourth-order valence-corrected chi connectivity index (χ4v) is 3.66. The maximum Gasteiger partial charge on any atom is 0.178 e. The maximum absolute atomic E-state index is 12.9. The van der Waals surface area contributed by atoms with E-state index in [9.17, 15) is 4.79 Å². The quantitative estimate of drug-likeness (QED) is 0.831. The first-order valence-corrected chi connectivity index (χ1v) is 7.72. The highest BCUT2D eigenvalue weighted by Crippen LogP contribution is 2.54. The number of carbonyl (C=O) groups is 1. The zero-order valence-electron chi connectivity index (χ0n) is 12.6. The molecule has 0 N–H and O–H groups in total. The van der Waals surface area contributed by atoms with Gasteiger partial charge in [0, 0.05) is 12.0 Å². The summed E-state index contributed by atoms with van der Waals surface area (Å²) >= 11 is 0. The van der Waals surface area contributed by atoms with Gasteiger partial charge in [-0.1, -0.05) is 60.7 Å². The molecule has 2 heteroatoms. The molecule has 2 heterocycles. The highest BCUT2D eigenvalue weighted by atomic mass is 16.5. The number of fused-ring (bicyclic) bond motifs is 2. The second kappa shape index (κ2) is 4.65. The van der Waals surface area contributed by atoms with E-state index in [4.69, 9.17) is 4.74 Å². The second-order valence-corrected chi connectivity index (χ2v) is 6.31. The van der Waals surface area contributed by atoms with Gasteiger partial charge in [0.15, 0.2) is 11.4 Å². The number of ether oxygens (including phenoxy) is 1. The Labute approximate surface area is 130 Å². The highest BCUT2D eigenvalue weighted by molar-refractivity contribution is 6.04. The summed E-state index contributed by atoms with van der Waals surface area (Å²) in [4.78, 5) is 12.9. The standard InChI is InChI=1S/C20H18O2/c1-19-13-12-18(21)20(22-19,16-10-6-3-7-11-16)17(14-19)15-8-4-2-5-9-15/h2-11,14H,12-13H2,1H3/t19-,20-/m1/s1. The lowest BCUT2D eigenvalue weighted by Gasteiger charge is -2.39. The molecule has 2 aromatic rings. The van der Waals surface area contributed by atoms with Crippen molar-refractivity contribution in [1.82, 2.24) is 0 Å². The molecule has 2 aliphatic heterocycles. The van der Waals surface area contributed by atoms with Gasteiger partial charge in [-0.25, -0.2) is 0 Å². The van der Waals surface area contributed by atoms with E-state index >= 15 is 0 Å². The molecule has 2 nitrogen and oxygen atoms in total. The van der Waals surface area contributed by atoms with Crippen LogP contribution in [-0.2, 0) is 15.1 Å². The van der Waals surface area contributed by atoms with Gasteiger partial charge in [0.1, 0.15) is 0 Å². The SMILES string of the molecule is C[C@@]12C=C(c3ccccc3)[C@@](c3ccccc3)(O1)C(=O)CC2. The molecular weight excluding hydrogens is 272 g/mol. The Morgan fingerprint density at radius 3 is 2.27 bits per heavy atom. The second-order valence-electron chi connectivity index (χ2n) is 6.31. The highest BCUT2D eigenvalue weighted by Gasteiger charge is 2.57. The Hall–Kier alpha value is -2.19. The zero-order chi connectivity index (χ0) is 15.2. The molecule has 2 aliphatic rings. The summed E-state index contributed by atoms with van der Waals surface area (Å²) in [6.45, 7) is 2.08. The molecular formula is C20H18O2. The molecule has 0 amide bonds. The molecule has 2 aromatic carbocycles. The normalized spacial score (nSPS) is 30.2. The first-order chi connectivity index (χ1) is 10.6. The van der Waals surface area contributed by atoms with E-state index in [0.717, 1.165) is 23.1 Å². The number of Topliss-reactive ketones (excluding diaryl/α,β-unsaturated/α-hetero) is 1. The van der Waals surface area contributed by atoms with Gasteiger partial charge in [0.25, 0.3) is 0 Å². The van der Waals surface area contributed by atoms with Gasteiger partial charge < -0.3 is 4.74 Å². The number of ketones is 1. The molecule has 0 aliphatic carbocycles. The fraction of sp³-hybridized carbons (Fsp3) is 0.250. The topological polar surface area (TPSA) is 26.3 Å². The Balaban J connectivity index is 1.97. The van der Waals surface area contributed by atoms with Crippen molar-refractivity contribution >= 4 is 11.4 Å². The third-order valence-corrected chi connectivity index (χ3v) is 4.72. The van der Waals surface area contributed by atoms with Crippen molar-refractivity contribution in [3.8, 4) is 0 Å². The van der Waals surface area contributed by atoms with E-state index in [1.54, 1.807) is 0 Å². The van der Waals surface area contributed by atoms with Gasteiger partial charge in [0.2, 0.25) is 0 Å². The van der Waals surface area contributed by atoms with Crippen molar-refractivity contribution in [1.29, 1.82) is 0 Å². The van der Waals surface area contributed by atoms with Crippen molar-refractivity contribution in [2.45, 2.75) is 31.0 Å².